The molecule has 10 heteroatoms. The van der Waals surface area contributed by atoms with E-state index in [1.54, 1.807) is 4.90 Å². The van der Waals surface area contributed by atoms with Crippen molar-refractivity contribution < 1.29 is 27.3 Å². The van der Waals surface area contributed by atoms with Gasteiger partial charge in [0.05, 0.1) is 0 Å². The Morgan fingerprint density at radius 1 is 1.21 bits per heavy atom. The SMILES string of the molecule is Cc1noc(C)c1S(=O)(=O)NCC(=O)OCC(=O)N(Cc1ccccc1)C(C)C. The molecule has 0 radical (unpaired) electrons. The number of rotatable bonds is 9. The van der Waals surface area contributed by atoms with Gasteiger partial charge in [-0.3, -0.25) is 9.59 Å². The maximum Gasteiger partial charge on any atom is 0.321 e. The second-order valence-electron chi connectivity index (χ2n) is 6.74. The van der Waals surface area contributed by atoms with Crippen molar-refractivity contribution in [1.29, 1.82) is 0 Å². The van der Waals surface area contributed by atoms with E-state index in [1.165, 1.54) is 13.8 Å². The summed E-state index contributed by atoms with van der Waals surface area (Å²) in [6, 6.07) is 9.35. The summed E-state index contributed by atoms with van der Waals surface area (Å²) in [6.07, 6.45) is 0. The number of ether oxygens (including phenoxy) is 1. The third-order valence-corrected chi connectivity index (χ3v) is 5.78. The van der Waals surface area contributed by atoms with Crippen molar-refractivity contribution in [3.63, 3.8) is 0 Å². The van der Waals surface area contributed by atoms with Crippen LogP contribution in [0.1, 0.15) is 30.9 Å². The summed E-state index contributed by atoms with van der Waals surface area (Å²) in [6.45, 7) is 5.96. The molecule has 0 saturated carbocycles. The zero-order valence-corrected chi connectivity index (χ0v) is 17.7. The molecule has 0 aliphatic heterocycles. The number of aryl methyl sites for hydroxylation is 2. The molecule has 0 unspecified atom stereocenters. The van der Waals surface area contributed by atoms with E-state index >= 15 is 0 Å². The fourth-order valence-corrected chi connectivity index (χ4v) is 3.99. The van der Waals surface area contributed by atoms with Gasteiger partial charge in [-0.1, -0.05) is 35.5 Å². The summed E-state index contributed by atoms with van der Waals surface area (Å²) in [5.41, 5.74) is 1.14. The fourth-order valence-electron chi connectivity index (χ4n) is 2.70. The number of esters is 1. The lowest BCUT2D eigenvalue weighted by Crippen LogP contribution is -2.40. The molecule has 0 saturated heterocycles. The number of benzene rings is 1. The average molecular weight is 423 g/mol. The van der Waals surface area contributed by atoms with Gasteiger partial charge in [0.1, 0.15) is 17.1 Å². The first-order valence-corrected chi connectivity index (χ1v) is 10.5. The molecular formula is C19H25N3O6S. The fraction of sp³-hybridized carbons (Fsp3) is 0.421. The number of amides is 1. The second-order valence-corrected chi connectivity index (χ2v) is 8.44. The van der Waals surface area contributed by atoms with Gasteiger partial charge in [0, 0.05) is 12.6 Å². The maximum atomic E-state index is 12.5. The van der Waals surface area contributed by atoms with Crippen molar-refractivity contribution in [2.24, 2.45) is 0 Å². The van der Waals surface area contributed by atoms with Crippen molar-refractivity contribution in [3.05, 3.63) is 47.3 Å². The lowest BCUT2D eigenvalue weighted by atomic mass is 10.2. The van der Waals surface area contributed by atoms with E-state index in [2.05, 4.69) is 9.88 Å². The van der Waals surface area contributed by atoms with Crippen LogP contribution in [0.4, 0.5) is 0 Å². The van der Waals surface area contributed by atoms with Crippen molar-refractivity contribution in [1.82, 2.24) is 14.8 Å². The van der Waals surface area contributed by atoms with E-state index in [1.807, 2.05) is 44.2 Å². The van der Waals surface area contributed by atoms with Gasteiger partial charge in [-0.15, -0.1) is 0 Å². The smallest absolute Gasteiger partial charge is 0.321 e. The van der Waals surface area contributed by atoms with Crippen molar-refractivity contribution >= 4 is 21.9 Å². The summed E-state index contributed by atoms with van der Waals surface area (Å²) in [4.78, 5) is 25.9. The van der Waals surface area contributed by atoms with E-state index < -0.39 is 29.1 Å². The largest absolute Gasteiger partial charge is 0.455 e. The molecule has 2 rings (SSSR count). The first-order valence-electron chi connectivity index (χ1n) is 9.03. The number of nitrogens with zero attached hydrogens (tertiary/aromatic N) is 2. The normalized spacial score (nSPS) is 11.5. The second kappa shape index (κ2) is 9.66. The molecule has 0 aliphatic carbocycles. The number of aromatic nitrogens is 1. The molecule has 0 aliphatic rings. The predicted octanol–water partition coefficient (Wildman–Crippen LogP) is 1.55. The zero-order chi connectivity index (χ0) is 21.6. The molecule has 1 N–H and O–H groups in total. The molecular weight excluding hydrogens is 398 g/mol. The van der Waals surface area contributed by atoms with Gasteiger partial charge < -0.3 is 14.2 Å². The Hall–Kier alpha value is -2.72. The first kappa shape index (κ1) is 22.6. The van der Waals surface area contributed by atoms with Crippen LogP contribution in [-0.2, 0) is 30.9 Å². The summed E-state index contributed by atoms with van der Waals surface area (Å²) < 4.78 is 36.5. The number of carbonyl (C=O) groups excluding carboxylic acids is 2. The molecule has 1 heterocycles. The highest BCUT2D eigenvalue weighted by molar-refractivity contribution is 7.89. The summed E-state index contributed by atoms with van der Waals surface area (Å²) in [5, 5.41) is 3.58. The Bertz CT molecular complexity index is 934. The van der Waals surface area contributed by atoms with E-state index in [4.69, 9.17) is 9.26 Å². The highest BCUT2D eigenvalue weighted by Gasteiger charge is 2.25. The van der Waals surface area contributed by atoms with Crippen molar-refractivity contribution in [2.75, 3.05) is 13.2 Å². The lowest BCUT2D eigenvalue weighted by molar-refractivity contribution is -0.152. The molecule has 0 atom stereocenters. The lowest BCUT2D eigenvalue weighted by Gasteiger charge is -2.26. The van der Waals surface area contributed by atoms with Gasteiger partial charge >= 0.3 is 5.97 Å². The van der Waals surface area contributed by atoms with Crippen LogP contribution in [0, 0.1) is 13.8 Å². The Balaban J connectivity index is 1.89. The van der Waals surface area contributed by atoms with E-state index in [0.29, 0.717) is 6.54 Å². The maximum absolute atomic E-state index is 12.5. The molecule has 9 nitrogen and oxygen atoms in total. The number of hydrogen-bond donors (Lipinski definition) is 1. The third-order valence-electron chi connectivity index (χ3n) is 4.14. The molecule has 0 bridgehead atoms. The van der Waals surface area contributed by atoms with Crippen LogP contribution in [0.2, 0.25) is 0 Å². The van der Waals surface area contributed by atoms with Crippen molar-refractivity contribution in [2.45, 2.75) is 45.2 Å². The highest BCUT2D eigenvalue weighted by Crippen LogP contribution is 2.18. The van der Waals surface area contributed by atoms with Crippen LogP contribution in [0.15, 0.2) is 39.8 Å². The molecule has 1 amide bonds. The third kappa shape index (κ3) is 6.13. The monoisotopic (exact) mass is 423 g/mol. The van der Waals surface area contributed by atoms with Gasteiger partial charge in [-0.05, 0) is 33.3 Å². The van der Waals surface area contributed by atoms with Gasteiger partial charge in [0.25, 0.3) is 5.91 Å². The van der Waals surface area contributed by atoms with Crippen LogP contribution in [-0.4, -0.2) is 49.5 Å². The Kier molecular flexibility index (Phi) is 7.52. The Labute approximate surface area is 170 Å². The van der Waals surface area contributed by atoms with E-state index in [0.717, 1.165) is 5.56 Å². The summed E-state index contributed by atoms with van der Waals surface area (Å²) >= 11 is 0. The van der Waals surface area contributed by atoms with Gasteiger partial charge in [0.2, 0.25) is 10.0 Å². The highest BCUT2D eigenvalue weighted by atomic mass is 32.2. The predicted molar refractivity (Wildman–Crippen MR) is 104 cm³/mol. The van der Waals surface area contributed by atoms with Crippen LogP contribution in [0.3, 0.4) is 0 Å². The zero-order valence-electron chi connectivity index (χ0n) is 16.8. The van der Waals surface area contributed by atoms with E-state index in [9.17, 15) is 18.0 Å². The summed E-state index contributed by atoms with van der Waals surface area (Å²) in [7, 11) is -3.98. The number of nitrogens with one attached hydrogen (secondary N) is 1. The number of carbonyl (C=O) groups is 2. The van der Waals surface area contributed by atoms with Crippen LogP contribution < -0.4 is 4.72 Å². The minimum absolute atomic E-state index is 0.0977. The number of hydrogen-bond acceptors (Lipinski definition) is 7. The average Bonchev–Trinajstić information content (AvgIpc) is 3.02. The molecule has 29 heavy (non-hydrogen) atoms. The minimum atomic E-state index is -3.98. The Morgan fingerprint density at radius 3 is 2.41 bits per heavy atom. The Morgan fingerprint density at radius 2 is 1.86 bits per heavy atom. The van der Waals surface area contributed by atoms with Crippen LogP contribution in [0.25, 0.3) is 0 Å². The van der Waals surface area contributed by atoms with Gasteiger partial charge in [-0.25, -0.2) is 8.42 Å². The molecule has 2 aromatic rings. The van der Waals surface area contributed by atoms with Gasteiger partial charge in [-0.2, -0.15) is 4.72 Å². The summed E-state index contributed by atoms with van der Waals surface area (Å²) in [5.74, 6) is -1.12. The van der Waals surface area contributed by atoms with Crippen LogP contribution in [0.5, 0.6) is 0 Å². The molecule has 0 fully saturated rings. The molecule has 158 valence electrons. The number of sulfonamides is 1. The standard InChI is InChI=1S/C19H25N3O6S/c1-13(2)22(11-16-8-6-5-7-9-16)17(23)12-27-18(24)10-20-29(25,26)19-14(3)21-28-15(19)4/h5-9,13,20H,10-12H2,1-4H3. The van der Waals surface area contributed by atoms with Gasteiger partial charge in [0.15, 0.2) is 12.4 Å². The van der Waals surface area contributed by atoms with Crippen molar-refractivity contribution in [3.8, 4) is 0 Å². The van der Waals surface area contributed by atoms with E-state index in [-0.39, 0.29) is 28.3 Å². The quantitative estimate of drug-likeness (QED) is 0.608. The first-order chi connectivity index (χ1) is 13.6. The molecule has 0 spiro atoms. The van der Waals surface area contributed by atoms with Crippen LogP contribution >= 0.6 is 0 Å². The molecule has 1 aromatic carbocycles. The minimum Gasteiger partial charge on any atom is -0.455 e. The molecule has 1 aromatic heterocycles. The topological polar surface area (TPSA) is 119 Å².